The van der Waals surface area contributed by atoms with Crippen LogP contribution in [0.25, 0.3) is 0 Å². The molecule has 6 heteroatoms. The smallest absolute Gasteiger partial charge is 0.0504 e. The number of thiol groups is 1. The molecule has 3 N–H and O–H groups in total. The second-order valence-electron chi connectivity index (χ2n) is 4.85. The zero-order valence-electron chi connectivity index (χ0n) is 10.5. The van der Waals surface area contributed by atoms with Crippen molar-refractivity contribution in [2.24, 2.45) is 0 Å². The Balaban J connectivity index is 0.00000180. The molecule has 1 fully saturated rings. The Hall–Kier alpha value is 0.580. The molecule has 0 atom stereocenters. The molecule has 0 amide bonds. The molecule has 1 aromatic rings. The van der Waals surface area contributed by atoms with Crippen molar-refractivity contribution < 1.29 is 0 Å². The zero-order valence-corrected chi connectivity index (χ0v) is 15.4. The van der Waals surface area contributed by atoms with Gasteiger partial charge in [0.1, 0.15) is 0 Å². The molecule has 0 unspecified atom stereocenters. The second kappa shape index (κ2) is 8.13. The van der Waals surface area contributed by atoms with E-state index in [4.69, 9.17) is 5.73 Å². The maximum Gasteiger partial charge on any atom is 0.0504 e. The predicted octanol–water partition coefficient (Wildman–Crippen LogP) is 4.55. The van der Waals surface area contributed by atoms with E-state index in [9.17, 15) is 0 Å². The van der Waals surface area contributed by atoms with E-state index in [1.807, 2.05) is 6.07 Å². The molecule has 0 aromatic heterocycles. The van der Waals surface area contributed by atoms with Crippen LogP contribution in [0.1, 0.15) is 31.2 Å². The maximum absolute atomic E-state index is 6.07. The highest BCUT2D eigenvalue weighted by molar-refractivity contribution is 9.11. The summed E-state index contributed by atoms with van der Waals surface area (Å²) < 4.78 is 2.01. The molecule has 0 radical (unpaired) electrons. The topological polar surface area (TPSA) is 38.0 Å². The molecule has 0 heterocycles. The third-order valence-corrected chi connectivity index (χ3v) is 5.09. The molecule has 1 aliphatic rings. The lowest BCUT2D eigenvalue weighted by Gasteiger charge is -2.26. The minimum absolute atomic E-state index is 0. The number of hydrogen-bond donors (Lipinski definition) is 3. The quantitative estimate of drug-likeness (QED) is 0.486. The van der Waals surface area contributed by atoms with Crippen LogP contribution in [0.5, 0.6) is 0 Å². The Labute approximate surface area is 143 Å². The Morgan fingerprint density at radius 1 is 1.21 bits per heavy atom. The Bertz CT molecular complexity index is 423. The average Bonchev–Trinajstić information content (AvgIpc) is 2.34. The first kappa shape index (κ1) is 17.6. The van der Waals surface area contributed by atoms with E-state index in [1.54, 1.807) is 0 Å². The van der Waals surface area contributed by atoms with Gasteiger partial charge in [0.2, 0.25) is 0 Å². The molecule has 0 aliphatic heterocycles. The van der Waals surface area contributed by atoms with Crippen molar-refractivity contribution in [2.75, 3.05) is 5.73 Å². The van der Waals surface area contributed by atoms with Gasteiger partial charge in [0.05, 0.1) is 5.69 Å². The number of nitrogen functional groups attached to an aromatic ring is 1. The van der Waals surface area contributed by atoms with Gasteiger partial charge in [0.15, 0.2) is 0 Å². The van der Waals surface area contributed by atoms with E-state index < -0.39 is 0 Å². The molecule has 0 saturated heterocycles. The summed E-state index contributed by atoms with van der Waals surface area (Å²) in [5.41, 5.74) is 8.04. The van der Waals surface area contributed by atoms with Gasteiger partial charge in [-0.1, -0.05) is 15.9 Å². The van der Waals surface area contributed by atoms with Gasteiger partial charge >= 0.3 is 0 Å². The van der Waals surface area contributed by atoms with E-state index in [-0.39, 0.29) is 12.4 Å². The third-order valence-electron chi connectivity index (χ3n) is 3.46. The van der Waals surface area contributed by atoms with Crippen molar-refractivity contribution in [3.63, 3.8) is 0 Å². The van der Waals surface area contributed by atoms with Gasteiger partial charge in [-0.3, -0.25) is 0 Å². The fraction of sp³-hybridized carbons (Fsp3) is 0.538. The van der Waals surface area contributed by atoms with Crippen molar-refractivity contribution >= 4 is 62.6 Å². The molecule has 108 valence electrons. The minimum Gasteiger partial charge on any atom is -0.398 e. The molecule has 2 nitrogen and oxygen atoms in total. The summed E-state index contributed by atoms with van der Waals surface area (Å²) in [6.07, 6.45) is 4.84. The average molecular weight is 431 g/mol. The lowest BCUT2D eigenvalue weighted by Crippen LogP contribution is -2.33. The van der Waals surface area contributed by atoms with E-state index in [2.05, 4.69) is 55.9 Å². The highest BCUT2D eigenvalue weighted by Gasteiger charge is 2.18. The zero-order chi connectivity index (χ0) is 13.1. The Kier molecular flexibility index (Phi) is 7.54. The minimum atomic E-state index is 0. The second-order valence-corrected chi connectivity index (χ2v) is 7.35. The van der Waals surface area contributed by atoms with Gasteiger partial charge in [-0.2, -0.15) is 12.6 Å². The third kappa shape index (κ3) is 5.12. The monoisotopic (exact) mass is 428 g/mol. The van der Waals surface area contributed by atoms with E-state index >= 15 is 0 Å². The van der Waals surface area contributed by atoms with Crippen LogP contribution in [0.15, 0.2) is 21.1 Å². The normalized spacial score (nSPS) is 22.9. The number of rotatable bonds is 3. The van der Waals surface area contributed by atoms with Gasteiger partial charge in [0.25, 0.3) is 0 Å². The number of hydrogen-bond acceptors (Lipinski definition) is 3. The number of nitrogens with two attached hydrogens (primary N) is 1. The lowest BCUT2D eigenvalue weighted by molar-refractivity contribution is 0.379. The fourth-order valence-electron chi connectivity index (χ4n) is 2.32. The molecule has 0 spiro atoms. The van der Waals surface area contributed by atoms with E-state index in [0.29, 0.717) is 11.3 Å². The van der Waals surface area contributed by atoms with Crippen molar-refractivity contribution in [1.82, 2.24) is 5.32 Å². The SMILES string of the molecule is Cl.Nc1c(Br)cc(Br)cc1CNC1CCC(S)CC1. The van der Waals surface area contributed by atoms with Crippen molar-refractivity contribution in [2.45, 2.75) is 43.5 Å². The first-order valence-electron chi connectivity index (χ1n) is 6.21. The standard InChI is InChI=1S/C13H18Br2N2S.ClH/c14-9-5-8(13(16)12(15)6-9)7-17-10-1-3-11(18)4-2-10;/h5-6,10-11,17-18H,1-4,7,16H2;1H. The van der Waals surface area contributed by atoms with E-state index in [1.165, 1.54) is 25.7 Å². The molecule has 1 saturated carbocycles. The van der Waals surface area contributed by atoms with Crippen LogP contribution in [0.4, 0.5) is 5.69 Å². The molecule has 0 bridgehead atoms. The molecule has 1 aromatic carbocycles. The summed E-state index contributed by atoms with van der Waals surface area (Å²) in [4.78, 5) is 0. The van der Waals surface area contributed by atoms with Crippen LogP contribution in [-0.2, 0) is 6.54 Å². The van der Waals surface area contributed by atoms with Gasteiger partial charge in [-0.05, 0) is 59.3 Å². The van der Waals surface area contributed by atoms with Gasteiger partial charge in [-0.25, -0.2) is 0 Å². The molecule has 1 aliphatic carbocycles. The Morgan fingerprint density at radius 3 is 2.47 bits per heavy atom. The summed E-state index contributed by atoms with van der Waals surface area (Å²) in [6.45, 7) is 0.825. The van der Waals surface area contributed by atoms with Crippen LogP contribution in [-0.4, -0.2) is 11.3 Å². The number of benzene rings is 1. The van der Waals surface area contributed by atoms with Crippen molar-refractivity contribution in [3.8, 4) is 0 Å². The summed E-state index contributed by atoms with van der Waals surface area (Å²) in [5.74, 6) is 0. The summed E-state index contributed by atoms with van der Waals surface area (Å²) >= 11 is 11.5. The largest absolute Gasteiger partial charge is 0.398 e. The maximum atomic E-state index is 6.07. The van der Waals surface area contributed by atoms with Crippen LogP contribution < -0.4 is 11.1 Å². The lowest BCUT2D eigenvalue weighted by atomic mass is 9.95. The van der Waals surface area contributed by atoms with Crippen LogP contribution in [0.3, 0.4) is 0 Å². The van der Waals surface area contributed by atoms with Gasteiger partial charge < -0.3 is 11.1 Å². The van der Waals surface area contributed by atoms with Crippen LogP contribution in [0.2, 0.25) is 0 Å². The van der Waals surface area contributed by atoms with Crippen molar-refractivity contribution in [3.05, 3.63) is 26.6 Å². The highest BCUT2D eigenvalue weighted by Crippen LogP contribution is 2.29. The molecule has 2 rings (SSSR count). The van der Waals surface area contributed by atoms with Gasteiger partial charge in [0, 0.05) is 26.8 Å². The number of halogens is 3. The molecular weight excluding hydrogens is 411 g/mol. The van der Waals surface area contributed by atoms with Crippen LogP contribution in [0, 0.1) is 0 Å². The summed E-state index contributed by atoms with van der Waals surface area (Å²) in [6, 6.07) is 4.66. The highest BCUT2D eigenvalue weighted by atomic mass is 79.9. The fourth-order valence-corrected chi connectivity index (χ4v) is 3.93. The predicted molar refractivity (Wildman–Crippen MR) is 95.4 cm³/mol. The number of anilines is 1. The van der Waals surface area contributed by atoms with Crippen molar-refractivity contribution in [1.29, 1.82) is 0 Å². The summed E-state index contributed by atoms with van der Waals surface area (Å²) in [7, 11) is 0. The molecule has 19 heavy (non-hydrogen) atoms. The molecular formula is C13H19Br2ClN2S. The van der Waals surface area contributed by atoms with Gasteiger partial charge in [-0.15, -0.1) is 12.4 Å². The first-order chi connectivity index (χ1) is 8.56. The Morgan fingerprint density at radius 2 is 1.84 bits per heavy atom. The van der Waals surface area contributed by atoms with E-state index in [0.717, 1.165) is 26.7 Å². The number of nitrogens with one attached hydrogen (secondary N) is 1. The first-order valence-corrected chi connectivity index (χ1v) is 8.31. The summed E-state index contributed by atoms with van der Waals surface area (Å²) in [5, 5.41) is 4.19. The van der Waals surface area contributed by atoms with Crippen LogP contribution >= 0.6 is 56.9 Å².